The van der Waals surface area contributed by atoms with Gasteiger partial charge in [-0.2, -0.15) is 55.8 Å². The van der Waals surface area contributed by atoms with E-state index in [1.54, 1.807) is 73.8 Å². The molecule has 133 heavy (non-hydrogen) atoms. The van der Waals surface area contributed by atoms with Crippen LogP contribution in [-0.2, 0) is 71.8 Å². The first-order chi connectivity index (χ1) is 62.0. The molecule has 0 bridgehead atoms. The predicted octanol–water partition coefficient (Wildman–Crippen LogP) is 14.7. The lowest BCUT2D eigenvalue weighted by atomic mass is 10.0. The maximum Gasteiger partial charge on any atom is 0.319 e. The number of aryl methyl sites for hydroxylation is 3. The van der Waals surface area contributed by atoms with Crippen LogP contribution in [0.5, 0.6) is 0 Å². The molecule has 11 amide bonds. The van der Waals surface area contributed by atoms with E-state index in [1.807, 2.05) is 227 Å². The van der Waals surface area contributed by atoms with Gasteiger partial charge in [-0.25, -0.2) is 29.3 Å². The number of hydrogen-bond donors (Lipinski definition) is 12. The first-order valence-corrected chi connectivity index (χ1v) is 43.5. The van der Waals surface area contributed by atoms with Crippen LogP contribution >= 0.6 is 63.2 Å². The standard InChI is InChI=1S/2C32H37N9O3S.C29H35N9O2.3H2S/c2*1-7-26(42)34-21-13-15-22(16-14-21)35-30-33-17-25(45-30)29(43)37-28-23-18-41(32(2,3)27(23)40(6)38-28)31(44)36-24(19-39(4)5)20-11-9-8-10-12-20;1-7-24(39)30-19-13-14-21-22(15-19)32-27(31-21)34-26-20-16-38(29(2,3)25(20)37(6)35-26)28(40)33-23(17-36(4)5)18-11-9-8-10-12-18;;;/h2*7-17,24H,1,18-19H2,2-6H3,(H,33,35)(H,34,42)(H,36,44)(H,37,38,43);7-15,23H,1,16-17H2,2-6H3,(H,30,39)(H,33,40)(H2,31,32,34,35);3*1H2/t2*24-;23-;;;/m111.../s1. The number of fused-ring (bicyclic) bond motifs is 4. The number of aromatic nitrogens is 10. The molecule has 700 valence electrons. The van der Waals surface area contributed by atoms with Crippen molar-refractivity contribution >= 4 is 184 Å². The number of benzene rings is 6. The number of thiazole rings is 2. The number of nitrogens with one attached hydrogen (secondary N) is 12. The van der Waals surface area contributed by atoms with Crippen LogP contribution in [0.1, 0.15) is 129 Å². The van der Waals surface area contributed by atoms with Crippen molar-refractivity contribution in [3.05, 3.63) is 268 Å². The summed E-state index contributed by atoms with van der Waals surface area (Å²) in [7, 11) is 17.4. The Morgan fingerprint density at radius 2 is 0.729 bits per heavy atom. The monoisotopic (exact) mass is 1900 g/mol. The van der Waals surface area contributed by atoms with Crippen molar-refractivity contribution in [2.24, 2.45) is 21.1 Å². The summed E-state index contributed by atoms with van der Waals surface area (Å²) in [6.07, 6.45) is 6.64. The van der Waals surface area contributed by atoms with Crippen molar-refractivity contribution in [2.75, 3.05) is 104 Å². The molecule has 6 aromatic carbocycles. The Bertz CT molecular complexity index is 5930. The third-order valence-corrected chi connectivity index (χ3v) is 24.1. The van der Waals surface area contributed by atoms with E-state index in [9.17, 15) is 38.4 Å². The predicted molar refractivity (Wildman–Crippen MR) is 541 cm³/mol. The van der Waals surface area contributed by atoms with Crippen LogP contribution in [0.15, 0.2) is 208 Å². The fourth-order valence-corrected chi connectivity index (χ4v) is 17.7. The Morgan fingerprint density at radius 3 is 1.06 bits per heavy atom. The molecular weight excluding hydrogens is 1780 g/mol. The number of carbonyl (C=O) groups excluding carboxylic acids is 8. The number of rotatable bonds is 28. The number of amides is 11. The highest BCUT2D eigenvalue weighted by molar-refractivity contribution is 7.59. The van der Waals surface area contributed by atoms with Gasteiger partial charge in [0.25, 0.3) is 11.8 Å². The topological polar surface area (TPSA) is 396 Å². The van der Waals surface area contributed by atoms with Crippen molar-refractivity contribution in [3.63, 3.8) is 0 Å². The lowest BCUT2D eigenvalue weighted by Gasteiger charge is -2.34. The molecule has 0 spiro atoms. The first kappa shape index (κ1) is 102. The molecule has 3 atom stereocenters. The Kier molecular flexibility index (Phi) is 33.3. The van der Waals surface area contributed by atoms with Gasteiger partial charge < -0.3 is 92.9 Å². The molecule has 0 saturated carbocycles. The molecule has 3 aliphatic heterocycles. The van der Waals surface area contributed by atoms with Gasteiger partial charge in [0.05, 0.1) is 94.9 Å². The lowest BCUT2D eigenvalue weighted by Crippen LogP contribution is -2.49. The quantitative estimate of drug-likeness (QED) is 0.0203. The smallest absolute Gasteiger partial charge is 0.319 e. The molecule has 9 heterocycles. The number of carbonyl (C=O) groups is 8. The third kappa shape index (κ3) is 23.8. The van der Waals surface area contributed by atoms with E-state index in [0.29, 0.717) is 99.8 Å². The second-order valence-corrected chi connectivity index (χ2v) is 35.8. The number of imidazole rings is 1. The van der Waals surface area contributed by atoms with Gasteiger partial charge >= 0.3 is 18.1 Å². The van der Waals surface area contributed by atoms with Crippen molar-refractivity contribution in [1.29, 1.82) is 0 Å². The normalized spacial score (nSPS) is 13.9. The Balaban J connectivity index is 0.000000205. The number of hydrogen-bond acceptors (Lipinski definition) is 22. The summed E-state index contributed by atoms with van der Waals surface area (Å²) < 4.78 is 5.28. The highest BCUT2D eigenvalue weighted by Gasteiger charge is 2.49. The number of H-pyrrole nitrogens is 1. The minimum atomic E-state index is -0.672. The highest BCUT2D eigenvalue weighted by Crippen LogP contribution is 2.46. The van der Waals surface area contributed by atoms with Crippen molar-refractivity contribution in [3.8, 4) is 0 Å². The summed E-state index contributed by atoms with van der Waals surface area (Å²) in [5.74, 6) is 0.408. The number of aromatic amines is 1. The summed E-state index contributed by atoms with van der Waals surface area (Å²) in [4.78, 5) is 131. The number of urea groups is 3. The number of nitrogens with zero attached hydrogens (tertiary/aromatic N) is 15. The molecule has 0 fully saturated rings. The maximum atomic E-state index is 13.7. The van der Waals surface area contributed by atoms with Crippen LogP contribution in [-0.4, -0.2) is 188 Å². The molecule has 0 radical (unpaired) electrons. The zero-order chi connectivity index (χ0) is 93.2. The molecule has 12 N–H and O–H groups in total. The minimum Gasteiger partial charge on any atom is -0.332 e. The van der Waals surface area contributed by atoms with Crippen LogP contribution in [0.4, 0.5) is 76.5 Å². The second kappa shape index (κ2) is 43.6. The molecule has 15 rings (SSSR count). The molecule has 3 aliphatic rings. The van der Waals surface area contributed by atoms with Crippen LogP contribution in [0.3, 0.4) is 0 Å². The van der Waals surface area contributed by atoms with E-state index in [1.165, 1.54) is 53.3 Å². The van der Waals surface area contributed by atoms with Crippen molar-refractivity contribution in [2.45, 2.75) is 95.9 Å². The van der Waals surface area contributed by atoms with Gasteiger partial charge in [-0.05, 0) is 185 Å². The van der Waals surface area contributed by atoms with Crippen molar-refractivity contribution < 1.29 is 38.4 Å². The van der Waals surface area contributed by atoms with Crippen LogP contribution < -0.4 is 58.5 Å². The zero-order valence-corrected chi connectivity index (χ0v) is 81.4. The maximum absolute atomic E-state index is 13.7. The SMILES string of the molecule is C=CC(=O)Nc1ccc(Nc2ncc(C(=O)Nc3nn(C)c4c3CN(C(=O)N[C@H](CN(C)C)c3ccccc3)C4(C)C)s2)cc1.C=CC(=O)Nc1ccc(Nc2ncc(C(=O)Nc3nn(C)c4c3CN(C(=O)N[C@H](CN(C)C)c3ccccc3)C4(C)C)s2)cc1.C=CC(=O)Nc1ccc2nc(Nc3nn(C)c4c3CN(C(=O)N[C@H](CN(C)C)c3ccccc3)C4(C)C)[nH]c2c1.S.S.S. The van der Waals surface area contributed by atoms with Gasteiger partial charge in [0, 0.05) is 85.9 Å². The summed E-state index contributed by atoms with van der Waals surface area (Å²) in [5.41, 5.74) is 11.3. The molecule has 0 saturated heterocycles. The molecule has 6 aromatic heterocycles. The fraction of sp³-hybridized carbons (Fsp3) is 0.290. The summed E-state index contributed by atoms with van der Waals surface area (Å²) in [5, 5.41) is 48.3. The van der Waals surface area contributed by atoms with Gasteiger partial charge in [-0.1, -0.05) is 133 Å². The Hall–Kier alpha value is -13.6. The van der Waals surface area contributed by atoms with Gasteiger partial charge in [-0.3, -0.25) is 38.0 Å². The second-order valence-electron chi connectivity index (χ2n) is 33.8. The largest absolute Gasteiger partial charge is 0.332 e. The average Bonchev–Trinajstić information content (AvgIpc) is 1.59. The van der Waals surface area contributed by atoms with Crippen LogP contribution in [0.2, 0.25) is 0 Å². The summed E-state index contributed by atoms with van der Waals surface area (Å²) in [6, 6.07) is 48.4. The Labute approximate surface area is 801 Å². The number of likely N-dealkylation sites (N-methyl/N-ethyl adjacent to an activating group) is 3. The van der Waals surface area contributed by atoms with Gasteiger partial charge in [-0.15, -0.1) is 0 Å². The molecule has 12 aromatic rings. The van der Waals surface area contributed by atoms with Gasteiger partial charge in [0.15, 0.2) is 27.7 Å². The first-order valence-electron chi connectivity index (χ1n) is 41.9. The van der Waals surface area contributed by atoms with E-state index < -0.39 is 16.6 Å². The summed E-state index contributed by atoms with van der Waals surface area (Å²) >= 11 is 2.40. The third-order valence-electron chi connectivity index (χ3n) is 22.3. The van der Waals surface area contributed by atoms with Crippen LogP contribution in [0, 0.1) is 0 Å². The molecule has 0 unspecified atom stereocenters. The van der Waals surface area contributed by atoms with Gasteiger partial charge in [0.2, 0.25) is 23.7 Å². The molecule has 40 heteroatoms. The van der Waals surface area contributed by atoms with Crippen LogP contribution in [0.25, 0.3) is 11.0 Å². The summed E-state index contributed by atoms with van der Waals surface area (Å²) in [6.45, 7) is 25.3. The van der Waals surface area contributed by atoms with Crippen molar-refractivity contribution in [1.82, 2.24) is 94.6 Å². The molecule has 0 aliphatic carbocycles. The van der Waals surface area contributed by atoms with E-state index >= 15 is 0 Å². The zero-order valence-electron chi connectivity index (χ0n) is 76.8. The minimum absolute atomic E-state index is 0. The molecular formula is C93H115N27O8S5. The van der Waals surface area contributed by atoms with E-state index in [4.69, 9.17) is 5.10 Å². The highest BCUT2D eigenvalue weighted by atomic mass is 32.1. The Morgan fingerprint density at radius 1 is 0.421 bits per heavy atom. The van der Waals surface area contributed by atoms with E-state index in [2.05, 4.69) is 113 Å². The number of anilines is 11. The molecule has 35 nitrogen and oxygen atoms in total. The van der Waals surface area contributed by atoms with E-state index in [-0.39, 0.29) is 106 Å². The van der Waals surface area contributed by atoms with E-state index in [0.717, 1.165) is 72.9 Å². The fourth-order valence-electron chi connectivity index (χ4n) is 16.3. The van der Waals surface area contributed by atoms with Gasteiger partial charge in [0.1, 0.15) is 9.75 Å². The lowest BCUT2D eigenvalue weighted by molar-refractivity contribution is -0.112. The average molecular weight is 1900 g/mol.